The third-order valence-corrected chi connectivity index (χ3v) is 7.89. The molecule has 0 spiro atoms. The third-order valence-electron chi connectivity index (χ3n) is 6.00. The van der Waals surface area contributed by atoms with Crippen molar-refractivity contribution in [3.63, 3.8) is 0 Å². The van der Waals surface area contributed by atoms with Crippen LogP contribution in [0.4, 0.5) is 0 Å². The zero-order valence-corrected chi connectivity index (χ0v) is 22.5. The largest absolute Gasteiger partial charge is 0.467 e. The van der Waals surface area contributed by atoms with Crippen LogP contribution < -0.4 is 5.32 Å². The van der Waals surface area contributed by atoms with Crippen LogP contribution in [0.2, 0.25) is 0 Å². The molecule has 6 nitrogen and oxygen atoms in total. The average Bonchev–Trinajstić information content (AvgIpc) is 3.51. The molecule has 0 aliphatic heterocycles. The summed E-state index contributed by atoms with van der Waals surface area (Å²) in [5.74, 6) is -1.05. The minimum absolute atomic E-state index is 0.0960. The van der Waals surface area contributed by atoms with Crippen LogP contribution in [0, 0.1) is 5.92 Å². The second-order valence-electron chi connectivity index (χ2n) is 8.67. The highest BCUT2D eigenvalue weighted by Gasteiger charge is 2.27. The molecule has 4 rings (SSSR count). The van der Waals surface area contributed by atoms with E-state index in [0.29, 0.717) is 12.0 Å². The number of carbonyl (C=O) groups is 3. The average molecular weight is 545 g/mol. The number of amides is 1. The summed E-state index contributed by atoms with van der Waals surface area (Å²) in [6.45, 7) is 0. The van der Waals surface area contributed by atoms with Crippen molar-refractivity contribution in [3.8, 4) is 10.6 Å². The smallest absolute Gasteiger partial charge is 0.328 e. The van der Waals surface area contributed by atoms with E-state index in [0.717, 1.165) is 33.5 Å². The SMILES string of the molecule is COC(=O)C(Cc1ccc(-c2nccs2)cc1)NC(=O)C(CSC(=O)c1ccccc1)Cc1ccccc1. The van der Waals surface area contributed by atoms with Crippen molar-refractivity contribution >= 4 is 40.1 Å². The van der Waals surface area contributed by atoms with Crippen LogP contribution in [0.1, 0.15) is 21.5 Å². The maximum Gasteiger partial charge on any atom is 0.328 e. The number of nitrogens with zero attached hydrogens (tertiary/aromatic N) is 1. The van der Waals surface area contributed by atoms with Gasteiger partial charge in [-0.3, -0.25) is 9.59 Å². The van der Waals surface area contributed by atoms with E-state index in [4.69, 9.17) is 4.74 Å². The van der Waals surface area contributed by atoms with Gasteiger partial charge < -0.3 is 10.1 Å². The molecule has 0 aliphatic rings. The molecule has 0 fully saturated rings. The van der Waals surface area contributed by atoms with Gasteiger partial charge in [-0.05, 0) is 17.5 Å². The highest BCUT2D eigenvalue weighted by atomic mass is 32.2. The van der Waals surface area contributed by atoms with E-state index in [1.807, 2.05) is 78.2 Å². The lowest BCUT2D eigenvalue weighted by atomic mass is 9.98. The van der Waals surface area contributed by atoms with Gasteiger partial charge in [0, 0.05) is 34.9 Å². The van der Waals surface area contributed by atoms with Crippen LogP contribution in [0.5, 0.6) is 0 Å². The number of ether oxygens (including phenoxy) is 1. The molecule has 194 valence electrons. The monoisotopic (exact) mass is 544 g/mol. The Morgan fingerprint density at radius 2 is 1.55 bits per heavy atom. The Morgan fingerprint density at radius 3 is 2.18 bits per heavy atom. The van der Waals surface area contributed by atoms with Gasteiger partial charge in [-0.25, -0.2) is 9.78 Å². The summed E-state index contributed by atoms with van der Waals surface area (Å²) in [5, 5.41) is 5.64. The summed E-state index contributed by atoms with van der Waals surface area (Å²) in [7, 11) is 1.31. The van der Waals surface area contributed by atoms with E-state index in [1.165, 1.54) is 7.11 Å². The second kappa shape index (κ2) is 13.7. The molecular weight excluding hydrogens is 516 g/mol. The number of rotatable bonds is 11. The normalized spacial score (nSPS) is 12.3. The first-order chi connectivity index (χ1) is 18.5. The lowest BCUT2D eigenvalue weighted by Gasteiger charge is -2.21. The summed E-state index contributed by atoms with van der Waals surface area (Å²) in [4.78, 5) is 43.1. The van der Waals surface area contributed by atoms with Gasteiger partial charge >= 0.3 is 5.97 Å². The Labute approximate surface area is 230 Å². The van der Waals surface area contributed by atoms with E-state index in [2.05, 4.69) is 10.3 Å². The zero-order valence-electron chi connectivity index (χ0n) is 20.9. The van der Waals surface area contributed by atoms with Crippen LogP contribution in [0.3, 0.4) is 0 Å². The number of nitrogens with one attached hydrogen (secondary N) is 1. The summed E-state index contributed by atoms with van der Waals surface area (Å²) >= 11 is 2.66. The lowest BCUT2D eigenvalue weighted by Crippen LogP contribution is -2.46. The Balaban J connectivity index is 1.46. The third kappa shape index (κ3) is 7.63. The number of methoxy groups -OCH3 is 1. The van der Waals surface area contributed by atoms with Gasteiger partial charge in [-0.2, -0.15) is 0 Å². The number of thiazole rings is 1. The predicted octanol–water partition coefficient (Wildman–Crippen LogP) is 5.44. The maximum atomic E-state index is 13.5. The Morgan fingerprint density at radius 1 is 0.895 bits per heavy atom. The molecule has 1 aromatic heterocycles. The minimum atomic E-state index is -0.855. The summed E-state index contributed by atoms with van der Waals surface area (Å²) in [5.41, 5.74) is 3.44. The Kier molecular flexibility index (Phi) is 9.84. The summed E-state index contributed by atoms with van der Waals surface area (Å²) in [6, 6.07) is 25.5. The van der Waals surface area contributed by atoms with Crippen molar-refractivity contribution in [3.05, 3.63) is 113 Å². The molecule has 0 saturated carbocycles. The van der Waals surface area contributed by atoms with Gasteiger partial charge in [0.2, 0.25) is 11.0 Å². The van der Waals surface area contributed by atoms with Crippen molar-refractivity contribution in [1.29, 1.82) is 0 Å². The van der Waals surface area contributed by atoms with Crippen LogP contribution in [-0.2, 0) is 27.2 Å². The van der Waals surface area contributed by atoms with Crippen molar-refractivity contribution in [2.24, 2.45) is 5.92 Å². The molecule has 0 saturated heterocycles. The van der Waals surface area contributed by atoms with Crippen LogP contribution >= 0.6 is 23.1 Å². The van der Waals surface area contributed by atoms with Gasteiger partial charge in [-0.1, -0.05) is 96.7 Å². The number of thioether (sulfide) groups is 1. The molecule has 2 unspecified atom stereocenters. The van der Waals surface area contributed by atoms with Crippen molar-refractivity contribution in [1.82, 2.24) is 10.3 Å². The molecule has 2 atom stereocenters. The molecule has 1 heterocycles. The number of aromatic nitrogens is 1. The second-order valence-corrected chi connectivity index (χ2v) is 10.6. The van der Waals surface area contributed by atoms with E-state index in [9.17, 15) is 14.4 Å². The molecule has 3 aromatic carbocycles. The maximum absolute atomic E-state index is 13.5. The number of hydrogen-bond acceptors (Lipinski definition) is 7. The van der Waals surface area contributed by atoms with Crippen LogP contribution in [-0.4, -0.2) is 40.9 Å². The Hall–Kier alpha value is -3.75. The van der Waals surface area contributed by atoms with E-state index < -0.39 is 17.9 Å². The van der Waals surface area contributed by atoms with Gasteiger partial charge in [-0.15, -0.1) is 11.3 Å². The number of carbonyl (C=O) groups excluding carboxylic acids is 3. The first-order valence-electron chi connectivity index (χ1n) is 12.2. The van der Waals surface area contributed by atoms with Gasteiger partial charge in [0.1, 0.15) is 11.0 Å². The first kappa shape index (κ1) is 27.3. The van der Waals surface area contributed by atoms with Gasteiger partial charge in [0.25, 0.3) is 0 Å². The summed E-state index contributed by atoms with van der Waals surface area (Å²) < 4.78 is 5.00. The standard InChI is InChI=1S/C30H28N2O4S2/c1-36-29(34)26(19-22-12-14-23(15-13-22)28-31-16-17-37-28)32-27(33)25(18-21-8-4-2-5-9-21)20-38-30(35)24-10-6-3-7-11-24/h2-17,25-26H,18-20H2,1H3,(H,32,33). The van der Waals surface area contributed by atoms with Crippen molar-refractivity contribution in [2.45, 2.75) is 18.9 Å². The topological polar surface area (TPSA) is 85.4 Å². The molecule has 8 heteroatoms. The molecule has 0 radical (unpaired) electrons. The van der Waals surface area contributed by atoms with Crippen LogP contribution in [0.15, 0.2) is 96.5 Å². The minimum Gasteiger partial charge on any atom is -0.467 e. The predicted molar refractivity (Wildman–Crippen MR) is 152 cm³/mol. The molecule has 0 aliphatic carbocycles. The molecule has 38 heavy (non-hydrogen) atoms. The molecule has 1 amide bonds. The number of hydrogen-bond donors (Lipinski definition) is 1. The van der Waals surface area contributed by atoms with Gasteiger partial charge in [0.15, 0.2) is 0 Å². The zero-order chi connectivity index (χ0) is 26.7. The Bertz CT molecular complexity index is 1330. The highest BCUT2D eigenvalue weighted by Crippen LogP contribution is 2.23. The van der Waals surface area contributed by atoms with Crippen LogP contribution in [0.25, 0.3) is 10.6 Å². The molecular formula is C30H28N2O4S2. The molecule has 1 N–H and O–H groups in total. The van der Waals surface area contributed by atoms with E-state index in [-0.39, 0.29) is 23.2 Å². The quantitative estimate of drug-likeness (QED) is 0.253. The van der Waals surface area contributed by atoms with Crippen molar-refractivity contribution in [2.75, 3.05) is 12.9 Å². The van der Waals surface area contributed by atoms with Gasteiger partial charge in [0.05, 0.1) is 13.0 Å². The number of esters is 1. The van der Waals surface area contributed by atoms with E-state index >= 15 is 0 Å². The summed E-state index contributed by atoms with van der Waals surface area (Å²) in [6.07, 6.45) is 2.48. The first-order valence-corrected chi connectivity index (χ1v) is 14.0. The lowest BCUT2D eigenvalue weighted by molar-refractivity contribution is -0.145. The fourth-order valence-corrected chi connectivity index (χ4v) is 5.54. The molecule has 0 bridgehead atoms. The fourth-order valence-electron chi connectivity index (χ4n) is 3.97. The highest BCUT2D eigenvalue weighted by molar-refractivity contribution is 8.14. The van der Waals surface area contributed by atoms with Crippen molar-refractivity contribution < 1.29 is 19.1 Å². The van der Waals surface area contributed by atoms with E-state index in [1.54, 1.807) is 29.7 Å². The molecule has 4 aromatic rings. The fraction of sp³-hybridized carbons (Fsp3) is 0.200. The number of benzene rings is 3.